The highest BCUT2D eigenvalue weighted by atomic mass is 16.5. The monoisotopic (exact) mass is 360 g/mol. The number of hydrogen-bond donors (Lipinski definition) is 3. The molecule has 6 heteroatoms. The van der Waals surface area contributed by atoms with E-state index in [0.29, 0.717) is 0 Å². The Morgan fingerprint density at radius 2 is 1.44 bits per heavy atom. The highest BCUT2D eigenvalue weighted by Gasteiger charge is 2.49. The fourth-order valence-electron chi connectivity index (χ4n) is 4.64. The van der Waals surface area contributed by atoms with Crippen LogP contribution in [0.1, 0.15) is 48.5 Å². The van der Waals surface area contributed by atoms with Gasteiger partial charge >= 0.3 is 0 Å². The van der Waals surface area contributed by atoms with Crippen molar-refractivity contribution in [1.29, 1.82) is 0 Å². The molecule has 6 nitrogen and oxygen atoms in total. The molecular weight excluding hydrogens is 320 g/mol. The Bertz CT molecular complexity index is 426. The topological polar surface area (TPSA) is 72.0 Å². The van der Waals surface area contributed by atoms with Crippen LogP contribution in [-0.2, 0) is 14.2 Å². The van der Waals surface area contributed by atoms with E-state index in [1.807, 2.05) is 13.8 Å². The summed E-state index contributed by atoms with van der Waals surface area (Å²) in [6.07, 6.45) is -1.45. The molecule has 25 heavy (non-hydrogen) atoms. The van der Waals surface area contributed by atoms with Gasteiger partial charge in [-0.2, -0.15) is 0 Å². The first-order valence-corrected chi connectivity index (χ1v) is 9.12. The zero-order valence-corrected chi connectivity index (χ0v) is 17.8. The summed E-state index contributed by atoms with van der Waals surface area (Å²) >= 11 is 0. The maximum atomic E-state index is 11.0. The lowest BCUT2D eigenvalue weighted by Crippen LogP contribution is -2.60. The van der Waals surface area contributed by atoms with Crippen LogP contribution >= 0.6 is 0 Å². The Morgan fingerprint density at radius 3 is 1.88 bits per heavy atom. The maximum Gasteiger partial charge on any atom is 0.117 e. The fraction of sp³-hybridized carbons (Fsp3) is 1.00. The van der Waals surface area contributed by atoms with Crippen molar-refractivity contribution in [2.24, 2.45) is 16.2 Å². The zero-order valence-electron chi connectivity index (χ0n) is 17.8. The number of rotatable bonds is 3. The quantitative estimate of drug-likeness (QED) is 0.715. The predicted molar refractivity (Wildman–Crippen MR) is 100 cm³/mol. The second-order valence-electron chi connectivity index (χ2n) is 9.26. The van der Waals surface area contributed by atoms with Gasteiger partial charge in [-0.05, 0) is 6.92 Å². The number of methoxy groups -OCH3 is 3. The Morgan fingerprint density at radius 1 is 0.880 bits per heavy atom. The molecule has 150 valence electrons. The normalized spacial score (nSPS) is 38.8. The molecule has 5 unspecified atom stereocenters. The van der Waals surface area contributed by atoms with E-state index in [1.165, 1.54) is 0 Å². The zero-order chi connectivity index (χ0) is 19.6. The molecule has 0 aromatic heterocycles. The third kappa shape index (κ3) is 4.54. The lowest BCUT2D eigenvalue weighted by atomic mass is 9.70. The second-order valence-corrected chi connectivity index (χ2v) is 9.26. The Balaban J connectivity index is 3.38. The lowest BCUT2D eigenvalue weighted by Gasteiger charge is -2.47. The minimum absolute atomic E-state index is 0.102. The van der Waals surface area contributed by atoms with Crippen LogP contribution in [0.2, 0.25) is 0 Å². The van der Waals surface area contributed by atoms with E-state index < -0.39 is 11.6 Å². The van der Waals surface area contributed by atoms with Crippen molar-refractivity contribution in [2.75, 3.05) is 27.9 Å². The average Bonchev–Trinajstić information content (AvgIpc) is 2.50. The third-order valence-corrected chi connectivity index (χ3v) is 5.87. The number of aliphatic hydroxyl groups is 1. The van der Waals surface area contributed by atoms with E-state index in [9.17, 15) is 5.11 Å². The summed E-state index contributed by atoms with van der Waals surface area (Å²) in [7, 11) is 5.08. The smallest absolute Gasteiger partial charge is 0.117 e. The van der Waals surface area contributed by atoms with Crippen LogP contribution in [0.3, 0.4) is 0 Å². The van der Waals surface area contributed by atoms with Gasteiger partial charge in [0, 0.05) is 50.2 Å². The van der Waals surface area contributed by atoms with E-state index in [0.717, 1.165) is 6.54 Å². The third-order valence-electron chi connectivity index (χ3n) is 5.87. The molecule has 0 spiro atoms. The van der Waals surface area contributed by atoms with Crippen molar-refractivity contribution in [2.45, 2.75) is 79.2 Å². The molecule has 0 aromatic carbocycles. The van der Waals surface area contributed by atoms with Crippen molar-refractivity contribution >= 4 is 0 Å². The molecular formula is C19H40N2O4. The standard InChI is InChI=1S/C19H40N2O4/c1-12-13(23-8)18(4,5)16(25-10)21-15(22)19(6,7)14(24-9)17(2,3)11-20-12/h12-16,20-22H,11H2,1-10H3. The molecule has 0 amide bonds. The molecule has 1 fully saturated rings. The number of hydrogen-bond acceptors (Lipinski definition) is 6. The molecule has 0 bridgehead atoms. The molecule has 1 aliphatic rings. The average molecular weight is 361 g/mol. The van der Waals surface area contributed by atoms with Crippen LogP contribution in [-0.4, -0.2) is 63.7 Å². The summed E-state index contributed by atoms with van der Waals surface area (Å²) < 4.78 is 17.4. The Labute approximate surface area is 154 Å². The largest absolute Gasteiger partial charge is 0.380 e. The molecule has 1 aliphatic heterocycles. The molecule has 5 atom stereocenters. The minimum atomic E-state index is -0.799. The van der Waals surface area contributed by atoms with Gasteiger partial charge in [0.05, 0.1) is 12.2 Å². The molecule has 0 radical (unpaired) electrons. The first-order valence-electron chi connectivity index (χ1n) is 9.12. The molecule has 1 heterocycles. The number of ether oxygens (including phenoxy) is 3. The molecule has 1 rings (SSSR count). The highest BCUT2D eigenvalue weighted by molar-refractivity contribution is 4.99. The van der Waals surface area contributed by atoms with Gasteiger partial charge in [-0.3, -0.25) is 5.32 Å². The first-order chi connectivity index (χ1) is 11.4. The van der Waals surface area contributed by atoms with Gasteiger partial charge in [0.2, 0.25) is 0 Å². The van der Waals surface area contributed by atoms with Gasteiger partial charge in [-0.25, -0.2) is 0 Å². The van der Waals surface area contributed by atoms with Crippen molar-refractivity contribution < 1.29 is 19.3 Å². The van der Waals surface area contributed by atoms with Crippen LogP contribution in [0.25, 0.3) is 0 Å². The SMILES string of the molecule is COC1NC(O)C(C)(C)C(OC)C(C)(C)CNC(C)C(OC)C1(C)C. The van der Waals surface area contributed by atoms with Crippen LogP contribution in [0.15, 0.2) is 0 Å². The van der Waals surface area contributed by atoms with Gasteiger partial charge in [0.25, 0.3) is 0 Å². The lowest BCUT2D eigenvalue weighted by molar-refractivity contribution is -0.160. The Kier molecular flexibility index (Phi) is 7.47. The minimum Gasteiger partial charge on any atom is -0.380 e. The molecule has 0 aromatic rings. The number of aliphatic hydroxyl groups excluding tert-OH is 1. The van der Waals surface area contributed by atoms with E-state index in [4.69, 9.17) is 14.2 Å². The van der Waals surface area contributed by atoms with Crippen molar-refractivity contribution in [3.63, 3.8) is 0 Å². The van der Waals surface area contributed by atoms with Crippen LogP contribution in [0, 0.1) is 16.2 Å². The molecule has 0 aliphatic carbocycles. The van der Waals surface area contributed by atoms with Crippen LogP contribution < -0.4 is 10.6 Å². The Hall–Kier alpha value is -0.240. The van der Waals surface area contributed by atoms with E-state index >= 15 is 0 Å². The van der Waals surface area contributed by atoms with Crippen molar-refractivity contribution in [3.05, 3.63) is 0 Å². The maximum absolute atomic E-state index is 11.0. The summed E-state index contributed by atoms with van der Waals surface area (Å²) in [5, 5.41) is 17.9. The summed E-state index contributed by atoms with van der Waals surface area (Å²) in [6, 6.07) is 0.106. The predicted octanol–water partition coefficient (Wildman–Crippen LogP) is 1.97. The summed E-state index contributed by atoms with van der Waals surface area (Å²) in [6.45, 7) is 15.4. The van der Waals surface area contributed by atoms with E-state index in [1.54, 1.807) is 21.3 Å². The highest BCUT2D eigenvalue weighted by Crippen LogP contribution is 2.40. The van der Waals surface area contributed by atoms with Gasteiger partial charge in [0.15, 0.2) is 0 Å². The van der Waals surface area contributed by atoms with Gasteiger partial charge < -0.3 is 24.6 Å². The van der Waals surface area contributed by atoms with Crippen molar-refractivity contribution in [1.82, 2.24) is 10.6 Å². The van der Waals surface area contributed by atoms with Gasteiger partial charge in [-0.1, -0.05) is 41.5 Å². The van der Waals surface area contributed by atoms with Crippen LogP contribution in [0.5, 0.6) is 0 Å². The summed E-state index contributed by atoms with van der Waals surface area (Å²) in [5.74, 6) is 0. The van der Waals surface area contributed by atoms with Gasteiger partial charge in [0.1, 0.15) is 12.5 Å². The molecule has 0 saturated carbocycles. The molecule has 1 saturated heterocycles. The van der Waals surface area contributed by atoms with E-state index in [2.05, 4.69) is 45.3 Å². The van der Waals surface area contributed by atoms with Gasteiger partial charge in [-0.15, -0.1) is 0 Å². The molecule has 3 N–H and O–H groups in total. The first kappa shape index (κ1) is 22.8. The van der Waals surface area contributed by atoms with Crippen LogP contribution in [0.4, 0.5) is 0 Å². The van der Waals surface area contributed by atoms with Crippen molar-refractivity contribution in [3.8, 4) is 0 Å². The summed E-state index contributed by atoms with van der Waals surface area (Å²) in [5.41, 5.74) is -1.09. The fourth-order valence-corrected chi connectivity index (χ4v) is 4.64. The summed E-state index contributed by atoms with van der Waals surface area (Å²) in [4.78, 5) is 0. The number of nitrogens with one attached hydrogen (secondary N) is 2. The van der Waals surface area contributed by atoms with E-state index in [-0.39, 0.29) is 35.3 Å². The second kappa shape index (κ2) is 8.19.